The first-order valence-electron chi connectivity index (χ1n) is 7.13. The van der Waals surface area contributed by atoms with Crippen LogP contribution in [0.1, 0.15) is 47.5 Å². The third-order valence-electron chi connectivity index (χ3n) is 2.54. The number of amides is 1. The second kappa shape index (κ2) is 9.15. The summed E-state index contributed by atoms with van der Waals surface area (Å²) >= 11 is 0. The minimum Gasteiger partial charge on any atom is -0.444 e. The molecule has 1 N–H and O–H groups in total. The lowest BCUT2D eigenvalue weighted by Gasteiger charge is -2.33. The molecule has 1 heterocycles. The number of carbonyl (C=O) groups is 1. The van der Waals surface area contributed by atoms with E-state index in [-0.39, 0.29) is 18.8 Å². The molecule has 1 aliphatic rings. The standard InChI is InChI=1S/C12H23NO4.C2H6/c1-12(2,3)17-11(15)13-6-4-10(5-7-13)16-9-8-14;1-2/h10,14H,4-9H2,1-3H3;1-2H3. The first-order valence-corrected chi connectivity index (χ1v) is 7.13. The predicted molar refractivity (Wildman–Crippen MR) is 75.2 cm³/mol. The summed E-state index contributed by atoms with van der Waals surface area (Å²) < 4.78 is 10.7. The number of piperidine rings is 1. The summed E-state index contributed by atoms with van der Waals surface area (Å²) in [5.41, 5.74) is -0.443. The molecule has 0 unspecified atom stereocenters. The average Bonchev–Trinajstić information content (AvgIpc) is 2.37. The van der Waals surface area contributed by atoms with Crippen LogP contribution < -0.4 is 0 Å². The quantitative estimate of drug-likeness (QED) is 0.859. The molecule has 1 fully saturated rings. The molecule has 0 aromatic rings. The van der Waals surface area contributed by atoms with E-state index in [1.165, 1.54) is 0 Å². The maximum atomic E-state index is 11.8. The number of likely N-dealkylation sites (tertiary alicyclic amines) is 1. The molecule has 0 radical (unpaired) electrons. The highest BCUT2D eigenvalue weighted by Crippen LogP contribution is 2.17. The fourth-order valence-corrected chi connectivity index (χ4v) is 1.75. The van der Waals surface area contributed by atoms with Gasteiger partial charge in [-0.1, -0.05) is 13.8 Å². The van der Waals surface area contributed by atoms with Gasteiger partial charge in [0, 0.05) is 13.1 Å². The van der Waals surface area contributed by atoms with Gasteiger partial charge in [0.1, 0.15) is 5.60 Å². The zero-order chi connectivity index (χ0) is 14.9. The van der Waals surface area contributed by atoms with Gasteiger partial charge in [-0.15, -0.1) is 0 Å². The van der Waals surface area contributed by atoms with Crippen molar-refractivity contribution < 1.29 is 19.4 Å². The highest BCUT2D eigenvalue weighted by molar-refractivity contribution is 5.68. The molecule has 0 aromatic heterocycles. The molecule has 1 rings (SSSR count). The van der Waals surface area contributed by atoms with E-state index in [2.05, 4.69) is 0 Å². The summed E-state index contributed by atoms with van der Waals surface area (Å²) in [6.45, 7) is 11.3. The van der Waals surface area contributed by atoms with E-state index in [0.717, 1.165) is 12.8 Å². The third kappa shape index (κ3) is 8.06. The molecule has 1 amide bonds. The zero-order valence-electron chi connectivity index (χ0n) is 12.9. The SMILES string of the molecule is CC.CC(C)(C)OC(=O)N1CCC(OCCO)CC1. The van der Waals surface area contributed by atoms with Crippen LogP contribution in [-0.2, 0) is 9.47 Å². The number of hydrogen-bond acceptors (Lipinski definition) is 4. The van der Waals surface area contributed by atoms with Gasteiger partial charge in [-0.05, 0) is 33.6 Å². The molecule has 114 valence electrons. The summed E-state index contributed by atoms with van der Waals surface area (Å²) in [5, 5.41) is 8.66. The van der Waals surface area contributed by atoms with Crippen LogP contribution in [0.25, 0.3) is 0 Å². The number of aliphatic hydroxyl groups excluding tert-OH is 1. The molecule has 0 spiro atoms. The Morgan fingerprint density at radius 3 is 2.21 bits per heavy atom. The lowest BCUT2D eigenvalue weighted by molar-refractivity contribution is -0.0197. The fourth-order valence-electron chi connectivity index (χ4n) is 1.75. The summed E-state index contributed by atoms with van der Waals surface area (Å²) in [6, 6.07) is 0. The molecule has 5 heteroatoms. The Bertz CT molecular complexity index is 242. The molecule has 0 saturated carbocycles. The van der Waals surface area contributed by atoms with Crippen molar-refractivity contribution in [3.05, 3.63) is 0 Å². The Morgan fingerprint density at radius 1 is 1.26 bits per heavy atom. The van der Waals surface area contributed by atoms with Crippen LogP contribution in [0.5, 0.6) is 0 Å². The van der Waals surface area contributed by atoms with E-state index in [1.807, 2.05) is 34.6 Å². The van der Waals surface area contributed by atoms with Crippen LogP contribution in [0, 0.1) is 0 Å². The van der Waals surface area contributed by atoms with Crippen LogP contribution in [0.15, 0.2) is 0 Å². The van der Waals surface area contributed by atoms with Gasteiger partial charge < -0.3 is 19.5 Å². The van der Waals surface area contributed by atoms with Crippen LogP contribution in [-0.4, -0.2) is 54.1 Å². The molecule has 0 aliphatic carbocycles. The van der Waals surface area contributed by atoms with E-state index in [4.69, 9.17) is 14.6 Å². The van der Waals surface area contributed by atoms with Gasteiger partial charge in [0.25, 0.3) is 0 Å². The minimum atomic E-state index is -0.443. The van der Waals surface area contributed by atoms with E-state index < -0.39 is 5.60 Å². The second-order valence-electron chi connectivity index (χ2n) is 5.26. The first kappa shape index (κ1) is 18.2. The average molecular weight is 275 g/mol. The molecular weight excluding hydrogens is 246 g/mol. The smallest absolute Gasteiger partial charge is 0.410 e. The summed E-state index contributed by atoms with van der Waals surface area (Å²) in [7, 11) is 0. The van der Waals surface area contributed by atoms with Crippen molar-refractivity contribution in [2.45, 2.75) is 59.2 Å². The van der Waals surface area contributed by atoms with E-state index in [1.54, 1.807) is 4.90 Å². The van der Waals surface area contributed by atoms with Crippen LogP contribution in [0.3, 0.4) is 0 Å². The number of rotatable bonds is 3. The molecular formula is C14H29NO4. The van der Waals surface area contributed by atoms with Gasteiger partial charge in [0.2, 0.25) is 0 Å². The normalized spacial score (nSPS) is 16.6. The van der Waals surface area contributed by atoms with Crippen molar-refractivity contribution in [2.75, 3.05) is 26.3 Å². The van der Waals surface area contributed by atoms with Crippen LogP contribution in [0.2, 0.25) is 0 Å². The van der Waals surface area contributed by atoms with Crippen molar-refractivity contribution in [3.63, 3.8) is 0 Å². The first-order chi connectivity index (χ1) is 8.92. The number of nitrogens with zero attached hydrogens (tertiary/aromatic N) is 1. The Balaban J connectivity index is 0.00000154. The van der Waals surface area contributed by atoms with Gasteiger partial charge in [-0.3, -0.25) is 0 Å². The molecule has 0 atom stereocenters. The molecule has 0 aromatic carbocycles. The molecule has 0 bridgehead atoms. The summed E-state index contributed by atoms with van der Waals surface area (Å²) in [5.74, 6) is 0. The summed E-state index contributed by atoms with van der Waals surface area (Å²) in [4.78, 5) is 13.5. The molecule has 1 aliphatic heterocycles. The number of hydrogen-bond donors (Lipinski definition) is 1. The Labute approximate surface area is 116 Å². The molecule has 5 nitrogen and oxygen atoms in total. The lowest BCUT2D eigenvalue weighted by atomic mass is 10.1. The Morgan fingerprint density at radius 2 is 1.79 bits per heavy atom. The maximum Gasteiger partial charge on any atom is 0.410 e. The number of carbonyl (C=O) groups excluding carboxylic acids is 1. The zero-order valence-corrected chi connectivity index (χ0v) is 12.9. The van der Waals surface area contributed by atoms with Crippen LogP contribution in [0.4, 0.5) is 4.79 Å². The highest BCUT2D eigenvalue weighted by Gasteiger charge is 2.26. The topological polar surface area (TPSA) is 59.0 Å². The Kier molecular flexibility index (Phi) is 8.76. The van der Waals surface area contributed by atoms with Crippen molar-refractivity contribution in [1.29, 1.82) is 0 Å². The van der Waals surface area contributed by atoms with E-state index in [0.29, 0.717) is 19.7 Å². The largest absolute Gasteiger partial charge is 0.444 e. The monoisotopic (exact) mass is 275 g/mol. The van der Waals surface area contributed by atoms with Gasteiger partial charge in [0.15, 0.2) is 0 Å². The van der Waals surface area contributed by atoms with E-state index in [9.17, 15) is 4.79 Å². The van der Waals surface area contributed by atoms with Gasteiger partial charge in [0.05, 0.1) is 19.3 Å². The minimum absolute atomic E-state index is 0.0479. The van der Waals surface area contributed by atoms with Crippen molar-refractivity contribution >= 4 is 6.09 Å². The third-order valence-corrected chi connectivity index (χ3v) is 2.54. The van der Waals surface area contributed by atoms with Crippen LogP contribution >= 0.6 is 0 Å². The Hall–Kier alpha value is -0.810. The van der Waals surface area contributed by atoms with Crippen molar-refractivity contribution in [2.24, 2.45) is 0 Å². The van der Waals surface area contributed by atoms with Gasteiger partial charge in [-0.25, -0.2) is 4.79 Å². The maximum absolute atomic E-state index is 11.8. The fraction of sp³-hybridized carbons (Fsp3) is 0.929. The lowest BCUT2D eigenvalue weighted by Crippen LogP contribution is -2.43. The highest BCUT2D eigenvalue weighted by atomic mass is 16.6. The van der Waals surface area contributed by atoms with Gasteiger partial charge in [-0.2, -0.15) is 0 Å². The van der Waals surface area contributed by atoms with E-state index >= 15 is 0 Å². The molecule has 19 heavy (non-hydrogen) atoms. The van der Waals surface area contributed by atoms with Gasteiger partial charge >= 0.3 is 6.09 Å². The summed E-state index contributed by atoms with van der Waals surface area (Å²) in [6.07, 6.45) is 1.51. The van der Waals surface area contributed by atoms with Crippen molar-refractivity contribution in [3.8, 4) is 0 Å². The van der Waals surface area contributed by atoms with Crippen molar-refractivity contribution in [1.82, 2.24) is 4.90 Å². The predicted octanol–water partition coefficient (Wildman–Crippen LogP) is 2.42. The molecule has 1 saturated heterocycles. The second-order valence-corrected chi connectivity index (χ2v) is 5.26. The number of aliphatic hydroxyl groups is 1. The number of ether oxygens (including phenoxy) is 2.